The number of aromatic nitrogens is 2. The Morgan fingerprint density at radius 3 is 3.00 bits per heavy atom. The molecule has 1 aromatic carbocycles. The van der Waals surface area contributed by atoms with Gasteiger partial charge in [-0.2, -0.15) is 0 Å². The topological polar surface area (TPSA) is 28.7 Å². The summed E-state index contributed by atoms with van der Waals surface area (Å²) >= 11 is 1.81. The Labute approximate surface area is 98.5 Å². The molecule has 1 aliphatic heterocycles. The van der Waals surface area contributed by atoms with E-state index in [9.17, 15) is 0 Å². The molecule has 0 bridgehead atoms. The van der Waals surface area contributed by atoms with E-state index < -0.39 is 0 Å². The predicted molar refractivity (Wildman–Crippen MR) is 70.3 cm³/mol. The molecule has 3 rings (SSSR count). The second-order valence-electron chi connectivity index (χ2n) is 3.88. The third kappa shape index (κ3) is 1.57. The van der Waals surface area contributed by atoms with Gasteiger partial charge in [-0.1, -0.05) is 18.2 Å². The molecule has 0 amide bonds. The van der Waals surface area contributed by atoms with E-state index >= 15 is 0 Å². The summed E-state index contributed by atoms with van der Waals surface area (Å²) in [5.41, 5.74) is 4.76. The standard InChI is InChI=1S/C13H12N2S/c1-9-6-7-16-8-10(9)13-14-11-4-2-3-5-12(11)15-13/h2-7H,8H2,1H3,(H,14,15). The van der Waals surface area contributed by atoms with Gasteiger partial charge in [0.15, 0.2) is 0 Å². The summed E-state index contributed by atoms with van der Waals surface area (Å²) in [6.07, 6.45) is 2.15. The largest absolute Gasteiger partial charge is 0.338 e. The van der Waals surface area contributed by atoms with E-state index in [1.54, 1.807) is 0 Å². The number of H-pyrrole nitrogens is 1. The van der Waals surface area contributed by atoms with Crippen molar-refractivity contribution in [3.63, 3.8) is 0 Å². The highest BCUT2D eigenvalue weighted by Gasteiger charge is 2.11. The summed E-state index contributed by atoms with van der Waals surface area (Å²) in [6, 6.07) is 8.15. The van der Waals surface area contributed by atoms with Crippen molar-refractivity contribution in [3.05, 3.63) is 47.1 Å². The lowest BCUT2D eigenvalue weighted by molar-refractivity contribution is 1.24. The van der Waals surface area contributed by atoms with Crippen molar-refractivity contribution in [3.8, 4) is 0 Å². The zero-order chi connectivity index (χ0) is 11.0. The maximum atomic E-state index is 4.63. The molecular formula is C13H12N2S. The smallest absolute Gasteiger partial charge is 0.135 e. The molecule has 0 atom stereocenters. The number of hydrogen-bond donors (Lipinski definition) is 1. The van der Waals surface area contributed by atoms with Crippen LogP contribution in [-0.2, 0) is 0 Å². The minimum atomic E-state index is 1.00. The highest BCUT2D eigenvalue weighted by molar-refractivity contribution is 8.02. The molecule has 3 heteroatoms. The first-order chi connectivity index (χ1) is 7.84. The van der Waals surface area contributed by atoms with Gasteiger partial charge in [-0.05, 0) is 30.0 Å². The van der Waals surface area contributed by atoms with Gasteiger partial charge < -0.3 is 4.98 Å². The van der Waals surface area contributed by atoms with Crippen molar-refractivity contribution in [2.24, 2.45) is 0 Å². The van der Waals surface area contributed by atoms with Crippen molar-refractivity contribution < 1.29 is 0 Å². The van der Waals surface area contributed by atoms with Crippen LogP contribution in [0, 0.1) is 0 Å². The monoisotopic (exact) mass is 228 g/mol. The van der Waals surface area contributed by atoms with E-state index in [2.05, 4.69) is 34.4 Å². The van der Waals surface area contributed by atoms with Crippen LogP contribution in [0.1, 0.15) is 12.7 Å². The van der Waals surface area contributed by atoms with Gasteiger partial charge in [-0.25, -0.2) is 4.98 Å². The molecule has 16 heavy (non-hydrogen) atoms. The van der Waals surface area contributed by atoms with Crippen LogP contribution in [-0.4, -0.2) is 15.7 Å². The molecule has 80 valence electrons. The van der Waals surface area contributed by atoms with Crippen LogP contribution in [0.3, 0.4) is 0 Å². The number of para-hydroxylation sites is 2. The van der Waals surface area contributed by atoms with Crippen LogP contribution in [0.25, 0.3) is 16.6 Å². The highest BCUT2D eigenvalue weighted by atomic mass is 32.2. The summed E-state index contributed by atoms with van der Waals surface area (Å²) in [5.74, 6) is 2.01. The first kappa shape index (κ1) is 9.73. The summed E-state index contributed by atoms with van der Waals surface area (Å²) in [5, 5.41) is 2.14. The first-order valence-corrected chi connectivity index (χ1v) is 6.32. The second kappa shape index (κ2) is 3.83. The first-order valence-electron chi connectivity index (χ1n) is 5.27. The molecule has 0 spiro atoms. The fourth-order valence-corrected chi connectivity index (χ4v) is 2.77. The van der Waals surface area contributed by atoms with Crippen LogP contribution >= 0.6 is 11.8 Å². The maximum absolute atomic E-state index is 4.63. The molecule has 2 heterocycles. The molecular weight excluding hydrogens is 216 g/mol. The Kier molecular flexibility index (Phi) is 2.33. The lowest BCUT2D eigenvalue weighted by Gasteiger charge is -2.09. The average Bonchev–Trinajstić information content (AvgIpc) is 2.73. The highest BCUT2D eigenvalue weighted by Crippen LogP contribution is 2.28. The Morgan fingerprint density at radius 2 is 2.19 bits per heavy atom. The maximum Gasteiger partial charge on any atom is 0.135 e. The van der Waals surface area contributed by atoms with Crippen LogP contribution in [0.15, 0.2) is 41.3 Å². The van der Waals surface area contributed by atoms with Gasteiger partial charge in [-0.3, -0.25) is 0 Å². The quantitative estimate of drug-likeness (QED) is 0.808. The zero-order valence-corrected chi connectivity index (χ0v) is 9.84. The van der Waals surface area contributed by atoms with Gasteiger partial charge in [0.1, 0.15) is 5.82 Å². The number of aromatic amines is 1. The Bertz CT molecular complexity index is 560. The number of hydrogen-bond acceptors (Lipinski definition) is 2. The minimum absolute atomic E-state index is 1.00. The van der Waals surface area contributed by atoms with Crippen molar-refractivity contribution in [1.29, 1.82) is 0 Å². The summed E-state index contributed by atoms with van der Waals surface area (Å²) in [7, 11) is 0. The summed E-state index contributed by atoms with van der Waals surface area (Å²) in [4.78, 5) is 8.01. The molecule has 0 radical (unpaired) electrons. The summed E-state index contributed by atoms with van der Waals surface area (Å²) < 4.78 is 0. The van der Waals surface area contributed by atoms with Crippen molar-refractivity contribution in [2.45, 2.75) is 6.92 Å². The molecule has 1 aliphatic rings. The van der Waals surface area contributed by atoms with Gasteiger partial charge >= 0.3 is 0 Å². The number of nitrogens with one attached hydrogen (secondary N) is 1. The second-order valence-corrected chi connectivity index (χ2v) is 4.77. The SMILES string of the molecule is CC1=C(c2nc3ccccc3[nH]2)CSC=C1. The molecule has 0 unspecified atom stereocenters. The van der Waals surface area contributed by atoms with Crippen LogP contribution in [0.4, 0.5) is 0 Å². The van der Waals surface area contributed by atoms with Gasteiger partial charge in [0.25, 0.3) is 0 Å². The molecule has 0 aliphatic carbocycles. The third-order valence-electron chi connectivity index (χ3n) is 2.79. The number of fused-ring (bicyclic) bond motifs is 1. The van der Waals surface area contributed by atoms with Crippen LogP contribution < -0.4 is 0 Å². The number of thioether (sulfide) groups is 1. The van der Waals surface area contributed by atoms with Gasteiger partial charge in [0, 0.05) is 11.3 Å². The van der Waals surface area contributed by atoms with Crippen molar-refractivity contribution in [2.75, 3.05) is 5.75 Å². The number of benzene rings is 1. The predicted octanol–water partition coefficient (Wildman–Crippen LogP) is 3.60. The Balaban J connectivity index is 2.16. The van der Waals surface area contributed by atoms with E-state index in [1.807, 2.05) is 30.0 Å². The molecule has 2 nitrogen and oxygen atoms in total. The van der Waals surface area contributed by atoms with Gasteiger partial charge in [0.05, 0.1) is 11.0 Å². The Hall–Kier alpha value is -1.48. The lowest BCUT2D eigenvalue weighted by Crippen LogP contribution is -1.96. The molecule has 0 fully saturated rings. The van der Waals surface area contributed by atoms with E-state index in [-0.39, 0.29) is 0 Å². The molecule has 1 aromatic heterocycles. The third-order valence-corrected chi connectivity index (χ3v) is 3.58. The minimum Gasteiger partial charge on any atom is -0.338 e. The van der Waals surface area contributed by atoms with Gasteiger partial charge in [0.2, 0.25) is 0 Å². The average molecular weight is 228 g/mol. The molecule has 1 N–H and O–H groups in total. The van der Waals surface area contributed by atoms with E-state index in [1.165, 1.54) is 11.1 Å². The summed E-state index contributed by atoms with van der Waals surface area (Å²) in [6.45, 7) is 2.14. The van der Waals surface area contributed by atoms with Crippen molar-refractivity contribution >= 4 is 28.4 Å². The number of rotatable bonds is 1. The number of nitrogens with zero attached hydrogens (tertiary/aromatic N) is 1. The fraction of sp³-hybridized carbons (Fsp3) is 0.154. The Morgan fingerprint density at radius 1 is 1.31 bits per heavy atom. The fourth-order valence-electron chi connectivity index (χ4n) is 1.85. The number of allylic oxidation sites excluding steroid dienone is 2. The molecule has 2 aromatic rings. The normalized spacial score (nSPS) is 16.1. The molecule has 0 saturated carbocycles. The number of imidazole rings is 1. The van der Waals surface area contributed by atoms with E-state index in [0.717, 1.165) is 22.6 Å². The van der Waals surface area contributed by atoms with E-state index in [4.69, 9.17) is 0 Å². The van der Waals surface area contributed by atoms with Crippen molar-refractivity contribution in [1.82, 2.24) is 9.97 Å². The lowest BCUT2D eigenvalue weighted by atomic mass is 10.1. The van der Waals surface area contributed by atoms with E-state index in [0.29, 0.717) is 0 Å². The van der Waals surface area contributed by atoms with Gasteiger partial charge in [-0.15, -0.1) is 11.8 Å². The zero-order valence-electron chi connectivity index (χ0n) is 9.03. The molecule has 0 saturated heterocycles. The van der Waals surface area contributed by atoms with Crippen LogP contribution in [0.5, 0.6) is 0 Å². The van der Waals surface area contributed by atoms with Crippen LogP contribution in [0.2, 0.25) is 0 Å².